The molecule has 0 spiro atoms. The van der Waals surface area contributed by atoms with Crippen molar-refractivity contribution in [2.75, 3.05) is 19.5 Å². The number of carboxylic acids is 1. The topological polar surface area (TPSA) is 84.9 Å². The molecule has 0 radical (unpaired) electrons. The fraction of sp³-hybridized carbons (Fsp3) is 0.529. The molecule has 2 aliphatic rings. The summed E-state index contributed by atoms with van der Waals surface area (Å²) in [5.74, 6) is -0.741. The van der Waals surface area contributed by atoms with Gasteiger partial charge in [-0.3, -0.25) is 9.59 Å². The molecule has 1 amide bonds. The molecule has 2 saturated carbocycles. The minimum absolute atomic E-state index is 0.125. The summed E-state index contributed by atoms with van der Waals surface area (Å²) in [6.07, 6.45) is 2.68. The highest BCUT2D eigenvalue weighted by molar-refractivity contribution is 5.97. The molecule has 2 N–H and O–H groups in total. The highest BCUT2D eigenvalue weighted by Crippen LogP contribution is 2.52. The van der Waals surface area contributed by atoms with Gasteiger partial charge >= 0.3 is 5.97 Å². The van der Waals surface area contributed by atoms with Gasteiger partial charge in [-0.2, -0.15) is 0 Å². The summed E-state index contributed by atoms with van der Waals surface area (Å²) >= 11 is 0. The van der Waals surface area contributed by atoms with Gasteiger partial charge < -0.3 is 19.9 Å². The van der Waals surface area contributed by atoms with E-state index in [2.05, 4.69) is 5.32 Å². The van der Waals surface area contributed by atoms with Crippen molar-refractivity contribution in [3.63, 3.8) is 0 Å². The Morgan fingerprint density at radius 3 is 2.43 bits per heavy atom. The average Bonchev–Trinajstić information content (AvgIpc) is 3.15. The standard InChI is InChI=1S/C17H21NO5/c1-22-11-5-6-13(23-2)12(8-11)18-16(19)14-9-3-4-10(7-9)15(14)17(20)21/h5-6,8-10,14-15H,3-4,7H2,1-2H3,(H,18,19)(H,20,21)/t9-,10-,14-,15+/m0/s1. The Labute approximate surface area is 134 Å². The van der Waals surface area contributed by atoms with Crippen LogP contribution in [0, 0.1) is 23.7 Å². The third kappa shape index (κ3) is 2.73. The van der Waals surface area contributed by atoms with E-state index in [0.29, 0.717) is 17.2 Å². The molecule has 1 aromatic carbocycles. The van der Waals surface area contributed by atoms with E-state index in [1.807, 2.05) is 0 Å². The fourth-order valence-corrected chi connectivity index (χ4v) is 4.15. The van der Waals surface area contributed by atoms with E-state index >= 15 is 0 Å². The van der Waals surface area contributed by atoms with Gasteiger partial charge in [0.25, 0.3) is 0 Å². The molecule has 0 saturated heterocycles. The summed E-state index contributed by atoms with van der Waals surface area (Å²) in [6.45, 7) is 0. The molecule has 0 heterocycles. The molecule has 124 valence electrons. The number of rotatable bonds is 5. The van der Waals surface area contributed by atoms with Crippen LogP contribution in [-0.2, 0) is 9.59 Å². The second-order valence-electron chi connectivity index (χ2n) is 6.28. The van der Waals surface area contributed by atoms with E-state index in [1.165, 1.54) is 7.11 Å². The molecule has 4 atom stereocenters. The molecule has 0 unspecified atom stereocenters. The van der Waals surface area contributed by atoms with Gasteiger partial charge in [-0.1, -0.05) is 0 Å². The summed E-state index contributed by atoms with van der Waals surface area (Å²) in [7, 11) is 3.07. The van der Waals surface area contributed by atoms with E-state index < -0.39 is 17.8 Å². The monoisotopic (exact) mass is 319 g/mol. The first-order valence-corrected chi connectivity index (χ1v) is 7.80. The van der Waals surface area contributed by atoms with Crippen molar-refractivity contribution in [2.45, 2.75) is 19.3 Å². The van der Waals surface area contributed by atoms with E-state index in [0.717, 1.165) is 19.3 Å². The van der Waals surface area contributed by atoms with Crippen molar-refractivity contribution < 1.29 is 24.2 Å². The van der Waals surface area contributed by atoms with Gasteiger partial charge in [-0.15, -0.1) is 0 Å². The number of ether oxygens (including phenoxy) is 2. The zero-order valence-electron chi connectivity index (χ0n) is 13.2. The first-order valence-electron chi connectivity index (χ1n) is 7.80. The summed E-state index contributed by atoms with van der Waals surface area (Å²) in [5.41, 5.74) is 0.503. The quantitative estimate of drug-likeness (QED) is 0.870. The second-order valence-corrected chi connectivity index (χ2v) is 6.28. The maximum Gasteiger partial charge on any atom is 0.307 e. The number of amides is 1. The van der Waals surface area contributed by atoms with Crippen LogP contribution < -0.4 is 14.8 Å². The lowest BCUT2D eigenvalue weighted by Crippen LogP contribution is -2.37. The van der Waals surface area contributed by atoms with E-state index in [9.17, 15) is 14.7 Å². The SMILES string of the molecule is COc1ccc(OC)c(NC(=O)[C@H]2[C@H]3CC[C@@H](C3)[C@H]2C(=O)O)c1. The summed E-state index contributed by atoms with van der Waals surface area (Å²) in [4.78, 5) is 24.3. The summed E-state index contributed by atoms with van der Waals surface area (Å²) in [6, 6.07) is 5.13. The average molecular weight is 319 g/mol. The molecule has 2 bridgehead atoms. The first kappa shape index (κ1) is 15.6. The molecular weight excluding hydrogens is 298 g/mol. The lowest BCUT2D eigenvalue weighted by molar-refractivity contribution is -0.148. The molecule has 23 heavy (non-hydrogen) atoms. The predicted octanol–water partition coefficient (Wildman–Crippen LogP) is 2.39. The highest BCUT2D eigenvalue weighted by Gasteiger charge is 2.54. The molecular formula is C17H21NO5. The van der Waals surface area contributed by atoms with Crippen LogP contribution in [0.5, 0.6) is 11.5 Å². The van der Waals surface area contributed by atoms with E-state index in [1.54, 1.807) is 25.3 Å². The number of carboxylic acid groups (broad SMARTS) is 1. The number of methoxy groups -OCH3 is 2. The lowest BCUT2D eigenvalue weighted by atomic mass is 9.78. The minimum atomic E-state index is -0.866. The maximum atomic E-state index is 12.7. The van der Waals surface area contributed by atoms with Gasteiger partial charge in [0.15, 0.2) is 0 Å². The fourth-order valence-electron chi connectivity index (χ4n) is 4.15. The van der Waals surface area contributed by atoms with Crippen molar-refractivity contribution >= 4 is 17.6 Å². The van der Waals surface area contributed by atoms with Gasteiger partial charge in [0, 0.05) is 6.07 Å². The van der Waals surface area contributed by atoms with Gasteiger partial charge in [-0.05, 0) is 43.2 Å². The number of fused-ring (bicyclic) bond motifs is 2. The second kappa shape index (κ2) is 6.10. The van der Waals surface area contributed by atoms with Crippen LogP contribution in [0.25, 0.3) is 0 Å². The molecule has 0 aromatic heterocycles. The molecule has 3 rings (SSSR count). The van der Waals surface area contributed by atoms with Crippen LogP contribution in [0.3, 0.4) is 0 Å². The van der Waals surface area contributed by atoms with Crippen LogP contribution in [0.1, 0.15) is 19.3 Å². The van der Waals surface area contributed by atoms with Crippen LogP contribution in [0.2, 0.25) is 0 Å². The number of anilines is 1. The Balaban J connectivity index is 1.83. The van der Waals surface area contributed by atoms with Crippen LogP contribution >= 0.6 is 0 Å². The number of benzene rings is 1. The van der Waals surface area contributed by atoms with E-state index in [-0.39, 0.29) is 17.7 Å². The van der Waals surface area contributed by atoms with E-state index in [4.69, 9.17) is 9.47 Å². The third-order valence-electron chi connectivity index (χ3n) is 5.17. The molecule has 6 heteroatoms. The highest BCUT2D eigenvalue weighted by atomic mass is 16.5. The van der Waals surface area contributed by atoms with Crippen molar-refractivity contribution in [1.82, 2.24) is 0 Å². The summed E-state index contributed by atoms with van der Waals surface area (Å²) < 4.78 is 10.4. The Morgan fingerprint density at radius 2 is 1.83 bits per heavy atom. The number of hydrogen-bond acceptors (Lipinski definition) is 4. The number of hydrogen-bond donors (Lipinski definition) is 2. The minimum Gasteiger partial charge on any atom is -0.497 e. The molecule has 6 nitrogen and oxygen atoms in total. The Bertz CT molecular complexity index is 629. The summed E-state index contributed by atoms with van der Waals surface area (Å²) in [5, 5.41) is 12.3. The number of carbonyl (C=O) groups excluding carboxylic acids is 1. The largest absolute Gasteiger partial charge is 0.497 e. The lowest BCUT2D eigenvalue weighted by Gasteiger charge is -2.27. The third-order valence-corrected chi connectivity index (χ3v) is 5.17. The van der Waals surface area contributed by atoms with Crippen molar-refractivity contribution in [3.8, 4) is 11.5 Å². The number of nitrogens with one attached hydrogen (secondary N) is 1. The zero-order chi connectivity index (χ0) is 16.6. The van der Waals surface area contributed by atoms with Gasteiger partial charge in [0.05, 0.1) is 31.7 Å². The molecule has 2 aliphatic carbocycles. The van der Waals surface area contributed by atoms with Crippen LogP contribution in [-0.4, -0.2) is 31.2 Å². The Hall–Kier alpha value is -2.24. The number of carbonyl (C=O) groups is 2. The molecule has 0 aliphatic heterocycles. The number of aliphatic carboxylic acids is 1. The smallest absolute Gasteiger partial charge is 0.307 e. The van der Waals surface area contributed by atoms with Gasteiger partial charge in [0.1, 0.15) is 11.5 Å². The normalized spacial score (nSPS) is 28.4. The Kier molecular flexibility index (Phi) is 4.15. The Morgan fingerprint density at radius 1 is 1.13 bits per heavy atom. The molecule has 2 fully saturated rings. The van der Waals surface area contributed by atoms with Gasteiger partial charge in [-0.25, -0.2) is 0 Å². The van der Waals surface area contributed by atoms with Gasteiger partial charge in [0.2, 0.25) is 5.91 Å². The van der Waals surface area contributed by atoms with Crippen molar-refractivity contribution in [1.29, 1.82) is 0 Å². The zero-order valence-corrected chi connectivity index (χ0v) is 13.2. The van der Waals surface area contributed by atoms with Crippen molar-refractivity contribution in [3.05, 3.63) is 18.2 Å². The predicted molar refractivity (Wildman–Crippen MR) is 83.6 cm³/mol. The van der Waals surface area contributed by atoms with Crippen molar-refractivity contribution in [2.24, 2.45) is 23.7 Å². The van der Waals surface area contributed by atoms with Crippen LogP contribution in [0.4, 0.5) is 5.69 Å². The van der Waals surface area contributed by atoms with Crippen LogP contribution in [0.15, 0.2) is 18.2 Å². The maximum absolute atomic E-state index is 12.7. The first-order chi connectivity index (χ1) is 11.0. The molecule has 1 aromatic rings.